The zero-order chi connectivity index (χ0) is 33.3. The second-order valence-electron chi connectivity index (χ2n) is 13.6. The summed E-state index contributed by atoms with van der Waals surface area (Å²) in [7, 11) is 0. The van der Waals surface area contributed by atoms with Crippen molar-refractivity contribution in [2.45, 2.75) is 64.3 Å². The predicted octanol–water partition coefficient (Wildman–Crippen LogP) is 5.98. The smallest absolute Gasteiger partial charge is 0.410 e. The summed E-state index contributed by atoms with van der Waals surface area (Å²) in [4.78, 5) is 28.6. The van der Waals surface area contributed by atoms with Gasteiger partial charge in [-0.25, -0.2) is 14.8 Å². The number of piperazine rings is 1. The van der Waals surface area contributed by atoms with Gasteiger partial charge in [0.1, 0.15) is 18.0 Å². The molecule has 2 aromatic carbocycles. The van der Waals surface area contributed by atoms with E-state index in [0.29, 0.717) is 25.5 Å². The first-order valence-corrected chi connectivity index (χ1v) is 16.6. The Morgan fingerprint density at radius 3 is 2.35 bits per heavy atom. The Morgan fingerprint density at radius 2 is 1.67 bits per heavy atom. The highest BCUT2D eigenvalue weighted by Crippen LogP contribution is 2.38. The number of hydrogen-bond donors (Lipinski definition) is 1. The molecule has 2 fully saturated rings. The third-order valence-electron chi connectivity index (χ3n) is 9.13. The minimum absolute atomic E-state index is 0.253. The molecule has 11 heteroatoms. The molecule has 3 aliphatic heterocycles. The Balaban J connectivity index is 1.03. The lowest BCUT2D eigenvalue weighted by Gasteiger charge is -2.42. The number of benzene rings is 2. The molecule has 0 saturated carbocycles. The van der Waals surface area contributed by atoms with E-state index in [4.69, 9.17) is 25.2 Å². The average molecular weight is 647 g/mol. The van der Waals surface area contributed by atoms with E-state index in [1.54, 1.807) is 4.90 Å². The van der Waals surface area contributed by atoms with Crippen LogP contribution in [0.4, 0.5) is 22.2 Å². The highest BCUT2D eigenvalue weighted by molar-refractivity contribution is 5.75. The Labute approximate surface area is 281 Å². The number of ether oxygens (including phenoxy) is 2. The first-order valence-electron chi connectivity index (χ1n) is 16.6. The molecule has 5 heterocycles. The van der Waals surface area contributed by atoms with Gasteiger partial charge in [0.25, 0.3) is 0 Å². The molecule has 2 aromatic heterocycles. The summed E-state index contributed by atoms with van der Waals surface area (Å²) in [5.74, 6) is 1.92. The number of anilines is 3. The molecule has 0 unspecified atom stereocenters. The van der Waals surface area contributed by atoms with Gasteiger partial charge >= 0.3 is 6.09 Å². The molecule has 3 aliphatic rings. The van der Waals surface area contributed by atoms with Crippen molar-refractivity contribution in [1.29, 1.82) is 0 Å². The summed E-state index contributed by atoms with van der Waals surface area (Å²) < 4.78 is 11.7. The van der Waals surface area contributed by atoms with Crippen molar-refractivity contribution in [2.24, 2.45) is 0 Å². The fourth-order valence-corrected chi connectivity index (χ4v) is 6.79. The molecule has 2 N–H and O–H groups in total. The Hall–Kier alpha value is -5.19. The zero-order valence-corrected chi connectivity index (χ0v) is 27.7. The zero-order valence-electron chi connectivity index (χ0n) is 27.7. The number of rotatable bonds is 7. The molecule has 248 valence electrons. The number of carbonyl (C=O) groups excluding carboxylic acids is 1. The lowest BCUT2D eigenvalue weighted by Crippen LogP contribution is -2.54. The molecule has 0 radical (unpaired) electrons. The molecular weight excluding hydrogens is 604 g/mol. The van der Waals surface area contributed by atoms with E-state index in [0.717, 1.165) is 77.7 Å². The van der Waals surface area contributed by atoms with Crippen LogP contribution in [-0.4, -0.2) is 75.0 Å². The predicted molar refractivity (Wildman–Crippen MR) is 187 cm³/mol. The number of hydrogen-bond acceptors (Lipinski definition) is 10. The van der Waals surface area contributed by atoms with Crippen molar-refractivity contribution in [2.75, 3.05) is 41.7 Å². The van der Waals surface area contributed by atoms with Gasteiger partial charge in [0, 0.05) is 61.8 Å². The van der Waals surface area contributed by atoms with Gasteiger partial charge in [-0.2, -0.15) is 0 Å². The number of nitrogen functional groups attached to an aromatic ring is 1. The molecule has 2 bridgehead atoms. The van der Waals surface area contributed by atoms with Crippen LogP contribution in [0.3, 0.4) is 0 Å². The second-order valence-corrected chi connectivity index (χ2v) is 13.6. The lowest BCUT2D eigenvalue weighted by molar-refractivity contribution is 0.0270. The summed E-state index contributed by atoms with van der Waals surface area (Å²) in [6.45, 7) is 8.81. The van der Waals surface area contributed by atoms with Crippen LogP contribution in [0.2, 0.25) is 0 Å². The number of nitrogens with zero attached hydrogens (tertiary/aromatic N) is 7. The van der Waals surface area contributed by atoms with Gasteiger partial charge in [0.05, 0.1) is 11.4 Å². The Morgan fingerprint density at radius 1 is 0.958 bits per heavy atom. The number of nitrogens with two attached hydrogens (primary N) is 1. The third-order valence-corrected chi connectivity index (χ3v) is 9.13. The molecule has 7 rings (SSSR count). The third kappa shape index (κ3) is 6.76. The van der Waals surface area contributed by atoms with E-state index in [9.17, 15) is 4.79 Å². The fraction of sp³-hybridized carbons (Fsp3) is 0.378. The fourth-order valence-electron chi connectivity index (χ4n) is 6.79. The van der Waals surface area contributed by atoms with Gasteiger partial charge in [-0.3, -0.25) is 0 Å². The van der Waals surface area contributed by atoms with Gasteiger partial charge in [0.2, 0.25) is 5.95 Å². The van der Waals surface area contributed by atoms with Crippen LogP contribution in [0.25, 0.3) is 16.8 Å². The van der Waals surface area contributed by atoms with Crippen LogP contribution in [0.1, 0.15) is 51.2 Å². The summed E-state index contributed by atoms with van der Waals surface area (Å²) in [6, 6.07) is 20.6. The lowest BCUT2D eigenvalue weighted by atomic mass is 10.0. The van der Waals surface area contributed by atoms with Gasteiger partial charge in [-0.15, -0.1) is 10.2 Å². The maximum atomic E-state index is 12.5. The first kappa shape index (κ1) is 31.4. The SMILES string of the molecule is CC(C)(C)OC(=O)N1CC=C(c2cnc(N3[C@@H]4CC[C@H]3CN(c3cc(-c5ccccc5OCc5ccccc5)nnc3N)C4)nc2)CC1. The molecular formula is C37H42N8O3. The van der Waals surface area contributed by atoms with Crippen molar-refractivity contribution in [3.63, 3.8) is 0 Å². The van der Waals surface area contributed by atoms with E-state index in [1.165, 1.54) is 0 Å². The van der Waals surface area contributed by atoms with Crippen molar-refractivity contribution in [3.8, 4) is 17.0 Å². The maximum Gasteiger partial charge on any atom is 0.410 e. The summed E-state index contributed by atoms with van der Waals surface area (Å²) in [6.07, 6.45) is 8.47. The number of fused-ring (bicyclic) bond motifs is 2. The molecule has 2 atom stereocenters. The highest BCUT2D eigenvalue weighted by atomic mass is 16.6. The number of aromatic nitrogens is 4. The van der Waals surface area contributed by atoms with Gasteiger partial charge < -0.3 is 29.9 Å². The topological polar surface area (TPSA) is 123 Å². The molecule has 1 amide bonds. The van der Waals surface area contributed by atoms with Crippen LogP contribution in [0.15, 0.2) is 79.1 Å². The van der Waals surface area contributed by atoms with Gasteiger partial charge in [-0.05, 0) is 69.4 Å². The molecule has 0 aliphatic carbocycles. The number of para-hydroxylation sites is 1. The van der Waals surface area contributed by atoms with Crippen molar-refractivity contribution in [3.05, 3.63) is 90.3 Å². The normalized spacial score (nSPS) is 19.2. The summed E-state index contributed by atoms with van der Waals surface area (Å²) in [5.41, 5.74) is 11.7. The molecule has 48 heavy (non-hydrogen) atoms. The van der Waals surface area contributed by atoms with Crippen LogP contribution in [0, 0.1) is 0 Å². The van der Waals surface area contributed by atoms with Gasteiger partial charge in [-0.1, -0.05) is 48.5 Å². The first-order chi connectivity index (χ1) is 23.2. The van der Waals surface area contributed by atoms with Crippen molar-refractivity contribution >= 4 is 29.1 Å². The Kier molecular flexibility index (Phi) is 8.60. The minimum atomic E-state index is -0.509. The van der Waals surface area contributed by atoms with E-state index < -0.39 is 5.60 Å². The quantitative estimate of drug-likeness (QED) is 0.257. The van der Waals surface area contributed by atoms with Crippen LogP contribution in [-0.2, 0) is 11.3 Å². The number of carbonyl (C=O) groups is 1. The molecule has 2 saturated heterocycles. The summed E-state index contributed by atoms with van der Waals surface area (Å²) >= 11 is 0. The standard InChI is InChI=1S/C37H42N8O3/c1-37(2,3)48-36(46)43-17-15-26(16-18-43)27-20-39-35(40-21-27)45-28-13-14-29(45)23-44(22-28)32-19-31(41-42-34(32)38)30-11-7-8-12-33(30)47-24-25-9-5-4-6-10-25/h4-12,15,19-21,28-29H,13-14,16-18,22-24H2,1-3H3,(H2,38,42)/t28-,29+. The maximum absolute atomic E-state index is 12.5. The van der Waals surface area contributed by atoms with E-state index >= 15 is 0 Å². The van der Waals surface area contributed by atoms with E-state index in [-0.39, 0.29) is 18.2 Å². The van der Waals surface area contributed by atoms with Crippen LogP contribution >= 0.6 is 0 Å². The van der Waals surface area contributed by atoms with Crippen LogP contribution < -0.4 is 20.3 Å². The summed E-state index contributed by atoms with van der Waals surface area (Å²) in [5, 5.41) is 8.85. The monoisotopic (exact) mass is 646 g/mol. The average Bonchev–Trinajstić information content (AvgIpc) is 3.36. The van der Waals surface area contributed by atoms with Crippen LogP contribution in [0.5, 0.6) is 5.75 Å². The van der Waals surface area contributed by atoms with Gasteiger partial charge in [0.15, 0.2) is 5.82 Å². The number of amides is 1. The minimum Gasteiger partial charge on any atom is -0.488 e. The molecule has 11 nitrogen and oxygen atoms in total. The van der Waals surface area contributed by atoms with E-state index in [2.05, 4.69) is 26.1 Å². The molecule has 4 aromatic rings. The highest BCUT2D eigenvalue weighted by Gasteiger charge is 2.42. The molecule has 0 spiro atoms. The van der Waals surface area contributed by atoms with E-state index in [1.807, 2.05) is 93.8 Å². The second kappa shape index (κ2) is 13.1. The Bertz CT molecular complexity index is 1780. The largest absolute Gasteiger partial charge is 0.488 e. The van der Waals surface area contributed by atoms with Crippen molar-refractivity contribution < 1.29 is 14.3 Å². The van der Waals surface area contributed by atoms with Crippen molar-refractivity contribution in [1.82, 2.24) is 25.1 Å².